The van der Waals surface area contributed by atoms with Crippen LogP contribution in [0.5, 0.6) is 5.75 Å². The second-order valence-electron chi connectivity index (χ2n) is 10.6. The highest BCUT2D eigenvalue weighted by Gasteiger charge is 2.49. The van der Waals surface area contributed by atoms with Crippen molar-refractivity contribution in [3.8, 4) is 16.9 Å². The number of nitrogens with one attached hydrogen (secondary N) is 1. The van der Waals surface area contributed by atoms with Gasteiger partial charge < -0.3 is 9.26 Å². The minimum atomic E-state index is -3.99. The first-order valence-corrected chi connectivity index (χ1v) is 15.3. The number of anilines is 1. The highest BCUT2D eigenvalue weighted by molar-refractivity contribution is 7.92. The molecule has 1 aliphatic heterocycles. The van der Waals surface area contributed by atoms with Gasteiger partial charge in [0.15, 0.2) is 5.82 Å². The Morgan fingerprint density at radius 3 is 2.45 bits per heavy atom. The number of carbonyl (C=O) groups is 1. The van der Waals surface area contributed by atoms with Crippen molar-refractivity contribution in [2.45, 2.75) is 82.7 Å². The summed E-state index contributed by atoms with van der Waals surface area (Å²) in [5, 5.41) is 3.85. The minimum Gasteiger partial charge on any atom is -0.497 e. The topological polar surface area (TPSA) is 114 Å². The number of sulfonamides is 1. The monoisotopic (exact) mass is 564 g/mol. The molecule has 1 spiro atoms. The molecule has 0 radical (unpaired) electrons. The van der Waals surface area contributed by atoms with Crippen LogP contribution >= 0.6 is 0 Å². The van der Waals surface area contributed by atoms with Gasteiger partial charge in [-0.2, -0.15) is 0 Å². The van der Waals surface area contributed by atoms with Gasteiger partial charge in [-0.15, -0.1) is 0 Å². The first-order chi connectivity index (χ1) is 19.2. The molecule has 40 heavy (non-hydrogen) atoms. The van der Waals surface area contributed by atoms with Gasteiger partial charge in [0.25, 0.3) is 15.9 Å². The Morgan fingerprint density at radius 2 is 1.82 bits per heavy atom. The van der Waals surface area contributed by atoms with Crippen LogP contribution in [0.25, 0.3) is 11.1 Å². The quantitative estimate of drug-likeness (QED) is 0.323. The molecule has 1 saturated carbocycles. The summed E-state index contributed by atoms with van der Waals surface area (Å²) in [5.41, 5.74) is 2.20. The summed E-state index contributed by atoms with van der Waals surface area (Å²) in [6.45, 7) is 6.05. The van der Waals surface area contributed by atoms with Gasteiger partial charge in [0.05, 0.1) is 18.6 Å². The smallest absolute Gasteiger partial charge is 0.263 e. The van der Waals surface area contributed by atoms with Crippen LogP contribution in [0.3, 0.4) is 0 Å². The van der Waals surface area contributed by atoms with Crippen molar-refractivity contribution in [3.05, 3.63) is 59.4 Å². The lowest BCUT2D eigenvalue weighted by molar-refractivity contribution is -0.131. The number of carbonyl (C=O) groups excluding carboxylic acids is 1. The molecule has 0 unspecified atom stereocenters. The van der Waals surface area contributed by atoms with Crippen molar-refractivity contribution in [2.24, 2.45) is 4.99 Å². The second-order valence-corrected chi connectivity index (χ2v) is 12.3. The van der Waals surface area contributed by atoms with Crippen molar-refractivity contribution in [1.29, 1.82) is 0 Å². The van der Waals surface area contributed by atoms with Crippen LogP contribution in [0.2, 0.25) is 0 Å². The van der Waals surface area contributed by atoms with Crippen LogP contribution in [0.1, 0.15) is 68.8 Å². The molecule has 0 bridgehead atoms. The van der Waals surface area contributed by atoms with Gasteiger partial charge in [-0.25, -0.2) is 8.42 Å². The number of amidine groups is 1. The Kier molecular flexibility index (Phi) is 7.72. The number of benzene rings is 2. The van der Waals surface area contributed by atoms with Crippen LogP contribution < -0.4 is 9.46 Å². The third-order valence-corrected chi connectivity index (χ3v) is 9.35. The summed E-state index contributed by atoms with van der Waals surface area (Å²) in [6, 6.07) is 12.5. The molecule has 1 aromatic heterocycles. The fourth-order valence-corrected chi connectivity index (χ4v) is 6.73. The van der Waals surface area contributed by atoms with E-state index in [1.165, 1.54) is 13.2 Å². The van der Waals surface area contributed by atoms with Crippen LogP contribution in [-0.4, -0.2) is 42.9 Å². The lowest BCUT2D eigenvalue weighted by Crippen LogP contribution is -2.40. The van der Waals surface area contributed by atoms with E-state index in [0.29, 0.717) is 34.7 Å². The van der Waals surface area contributed by atoms with Gasteiger partial charge in [0.1, 0.15) is 22.9 Å². The summed E-state index contributed by atoms with van der Waals surface area (Å²) in [7, 11) is -2.45. The summed E-state index contributed by atoms with van der Waals surface area (Å²) in [4.78, 5) is 20.4. The number of rotatable bonds is 10. The van der Waals surface area contributed by atoms with E-state index in [4.69, 9.17) is 14.3 Å². The number of aromatic nitrogens is 1. The van der Waals surface area contributed by atoms with Crippen LogP contribution in [0.4, 0.5) is 5.82 Å². The van der Waals surface area contributed by atoms with Gasteiger partial charge in [0, 0.05) is 17.5 Å². The van der Waals surface area contributed by atoms with E-state index in [9.17, 15) is 13.2 Å². The van der Waals surface area contributed by atoms with E-state index in [1.54, 1.807) is 26.0 Å². The number of hydrogen-bond donors (Lipinski definition) is 1. The molecule has 1 amide bonds. The Hall–Kier alpha value is -3.66. The van der Waals surface area contributed by atoms with Crippen molar-refractivity contribution in [2.75, 3.05) is 11.8 Å². The number of methoxy groups -OCH3 is 1. The minimum absolute atomic E-state index is 0.0907. The molecule has 1 aliphatic carbocycles. The molecule has 1 N–H and O–H groups in total. The van der Waals surface area contributed by atoms with Crippen molar-refractivity contribution in [1.82, 2.24) is 10.1 Å². The molecule has 1 fully saturated rings. The van der Waals surface area contributed by atoms with Crippen molar-refractivity contribution >= 4 is 27.6 Å². The van der Waals surface area contributed by atoms with Crippen molar-refractivity contribution in [3.63, 3.8) is 0 Å². The predicted octanol–water partition coefficient (Wildman–Crippen LogP) is 6.01. The van der Waals surface area contributed by atoms with E-state index in [2.05, 4.69) is 16.8 Å². The maximum atomic E-state index is 13.5. The third kappa shape index (κ3) is 5.24. The molecule has 212 valence electrons. The van der Waals surface area contributed by atoms with E-state index in [0.717, 1.165) is 56.3 Å². The van der Waals surface area contributed by atoms with Gasteiger partial charge in [-0.3, -0.25) is 19.4 Å². The molecule has 10 heteroatoms. The zero-order valence-electron chi connectivity index (χ0n) is 23.5. The molecule has 2 aliphatic rings. The van der Waals surface area contributed by atoms with Crippen LogP contribution in [0.15, 0.2) is 56.9 Å². The molecular formula is C30H36N4O5S. The highest BCUT2D eigenvalue weighted by Crippen LogP contribution is 2.40. The number of amides is 1. The first kappa shape index (κ1) is 27.9. The Balaban J connectivity index is 1.43. The number of aliphatic imine (C=N–C) groups is 1. The number of aryl methyl sites for hydroxylation is 1. The molecule has 9 nitrogen and oxygen atoms in total. The zero-order chi connectivity index (χ0) is 28.5. The van der Waals surface area contributed by atoms with Gasteiger partial charge >= 0.3 is 0 Å². The number of ether oxygens (including phenoxy) is 1. The second kappa shape index (κ2) is 11.1. The Labute approximate surface area is 235 Å². The van der Waals surface area contributed by atoms with E-state index >= 15 is 0 Å². The predicted molar refractivity (Wildman–Crippen MR) is 154 cm³/mol. The summed E-state index contributed by atoms with van der Waals surface area (Å²) < 4.78 is 40.0. The summed E-state index contributed by atoms with van der Waals surface area (Å²) >= 11 is 0. The average molecular weight is 565 g/mol. The van der Waals surface area contributed by atoms with E-state index in [1.807, 2.05) is 29.2 Å². The number of hydrogen-bond acceptors (Lipinski definition) is 7. The molecule has 2 heterocycles. The molecule has 2 aromatic carbocycles. The molecule has 3 aromatic rings. The van der Waals surface area contributed by atoms with Crippen LogP contribution in [0, 0.1) is 13.8 Å². The molecule has 0 atom stereocenters. The van der Waals surface area contributed by atoms with Gasteiger partial charge in [-0.05, 0) is 62.4 Å². The lowest BCUT2D eigenvalue weighted by atomic mass is 9.98. The summed E-state index contributed by atoms with van der Waals surface area (Å²) in [5.74, 6) is 2.24. The normalized spacial score (nSPS) is 16.6. The van der Waals surface area contributed by atoms with Crippen molar-refractivity contribution < 1.29 is 22.5 Å². The summed E-state index contributed by atoms with van der Waals surface area (Å²) in [6.07, 6.45) is 6.55. The standard InChI is InChI=1S/C30H36N4O5S/c1-5-6-9-27-31-30(16-7-8-17-30)29(35)34(27)19-22-10-12-23(13-11-22)25-18-24(38-4)14-15-26(25)40(36,37)33-28-20(2)21(3)39-32-28/h10-15,18H,5-9,16-17,19H2,1-4H3,(H,32,33). The zero-order valence-corrected chi connectivity index (χ0v) is 24.3. The first-order valence-electron chi connectivity index (χ1n) is 13.8. The van der Waals surface area contributed by atoms with E-state index < -0.39 is 15.6 Å². The van der Waals surface area contributed by atoms with E-state index in [-0.39, 0.29) is 16.6 Å². The Morgan fingerprint density at radius 1 is 1.10 bits per heavy atom. The largest absolute Gasteiger partial charge is 0.497 e. The maximum absolute atomic E-state index is 13.5. The maximum Gasteiger partial charge on any atom is 0.263 e. The lowest BCUT2D eigenvalue weighted by Gasteiger charge is -2.23. The number of unbranched alkanes of at least 4 members (excludes halogenated alkanes) is 1. The van der Waals surface area contributed by atoms with Gasteiger partial charge in [0.2, 0.25) is 0 Å². The molecular weight excluding hydrogens is 528 g/mol. The molecule has 0 saturated heterocycles. The third-order valence-electron chi connectivity index (χ3n) is 7.95. The Bertz CT molecular complexity index is 1540. The SMILES string of the molecule is CCCCC1=NC2(CCCC2)C(=O)N1Cc1ccc(-c2cc(OC)ccc2S(=O)(=O)Nc2noc(C)c2C)cc1. The average Bonchev–Trinajstić information content (AvgIpc) is 3.63. The van der Waals surface area contributed by atoms with Crippen LogP contribution in [-0.2, 0) is 21.4 Å². The highest BCUT2D eigenvalue weighted by atomic mass is 32.2. The fourth-order valence-electron chi connectivity index (χ4n) is 5.46. The van der Waals surface area contributed by atoms with Gasteiger partial charge in [-0.1, -0.05) is 55.6 Å². The fraction of sp³-hybridized carbons (Fsp3) is 0.433. The molecule has 5 rings (SSSR count). The number of nitrogens with zero attached hydrogens (tertiary/aromatic N) is 3.